The number of imidazole rings is 1. The molecule has 26 heavy (non-hydrogen) atoms. The van der Waals surface area contributed by atoms with Crippen molar-refractivity contribution in [2.45, 2.75) is 19.4 Å². The second kappa shape index (κ2) is 6.27. The normalized spacial score (nSPS) is 11.8. The summed E-state index contributed by atoms with van der Waals surface area (Å²) in [6, 6.07) is 21.7. The van der Waals surface area contributed by atoms with Gasteiger partial charge in [-0.2, -0.15) is 0 Å². The highest BCUT2D eigenvalue weighted by Gasteiger charge is 2.20. The molecule has 0 fully saturated rings. The summed E-state index contributed by atoms with van der Waals surface area (Å²) in [5.41, 5.74) is 4.90. The Labute approximate surface area is 157 Å². The third-order valence-corrected chi connectivity index (χ3v) is 4.75. The largest absolute Gasteiger partial charge is 0.386 e. The van der Waals surface area contributed by atoms with Gasteiger partial charge in [0, 0.05) is 10.6 Å². The van der Waals surface area contributed by atoms with E-state index in [0.717, 1.165) is 39.1 Å². The number of rotatable bonds is 3. The summed E-state index contributed by atoms with van der Waals surface area (Å²) < 4.78 is 0. The molecule has 0 spiro atoms. The van der Waals surface area contributed by atoms with E-state index >= 15 is 0 Å². The van der Waals surface area contributed by atoms with Gasteiger partial charge in [-0.25, -0.2) is 4.98 Å². The van der Waals surface area contributed by atoms with Gasteiger partial charge in [-0.05, 0) is 66.9 Å². The van der Waals surface area contributed by atoms with E-state index in [1.54, 1.807) is 13.8 Å². The Morgan fingerprint density at radius 3 is 2.35 bits per heavy atom. The highest BCUT2D eigenvalue weighted by Crippen LogP contribution is 2.33. The third-order valence-electron chi connectivity index (χ3n) is 4.50. The lowest BCUT2D eigenvalue weighted by molar-refractivity contribution is 0.0792. The first-order valence-corrected chi connectivity index (χ1v) is 8.87. The van der Waals surface area contributed by atoms with Crippen molar-refractivity contribution < 1.29 is 5.11 Å². The summed E-state index contributed by atoms with van der Waals surface area (Å²) in [4.78, 5) is 8.05. The standard InChI is InChI=1S/C22H19ClN2O/c1-22(2,26)18-6-4-3-5-17(18)15-9-12-19-20(13-15)25-21(24-19)14-7-10-16(23)11-8-14/h3-13,26H,1-2H3,(H,24,25). The maximum Gasteiger partial charge on any atom is 0.138 e. The van der Waals surface area contributed by atoms with Gasteiger partial charge in [0.2, 0.25) is 0 Å². The molecule has 0 saturated carbocycles. The average Bonchev–Trinajstić information content (AvgIpc) is 3.04. The molecule has 0 bridgehead atoms. The highest BCUT2D eigenvalue weighted by molar-refractivity contribution is 6.30. The Morgan fingerprint density at radius 1 is 0.923 bits per heavy atom. The summed E-state index contributed by atoms with van der Waals surface area (Å²) in [7, 11) is 0. The number of nitrogens with one attached hydrogen (secondary N) is 1. The van der Waals surface area contributed by atoms with Gasteiger partial charge in [0.25, 0.3) is 0 Å². The fourth-order valence-electron chi connectivity index (χ4n) is 3.19. The lowest BCUT2D eigenvalue weighted by atomic mass is 9.89. The number of hydrogen-bond acceptors (Lipinski definition) is 2. The van der Waals surface area contributed by atoms with Gasteiger partial charge in [-0.1, -0.05) is 41.9 Å². The molecule has 0 saturated heterocycles. The maximum atomic E-state index is 10.5. The smallest absolute Gasteiger partial charge is 0.138 e. The second-order valence-electron chi connectivity index (χ2n) is 6.93. The molecule has 0 aliphatic carbocycles. The van der Waals surface area contributed by atoms with Crippen LogP contribution in [0.1, 0.15) is 19.4 Å². The maximum absolute atomic E-state index is 10.5. The van der Waals surface area contributed by atoms with Gasteiger partial charge in [0.05, 0.1) is 16.6 Å². The van der Waals surface area contributed by atoms with Crippen molar-refractivity contribution in [3.8, 4) is 22.5 Å². The van der Waals surface area contributed by atoms with Crippen LogP contribution in [0.15, 0.2) is 66.7 Å². The van der Waals surface area contributed by atoms with E-state index in [2.05, 4.69) is 16.0 Å². The van der Waals surface area contributed by atoms with Crippen LogP contribution < -0.4 is 0 Å². The molecule has 1 heterocycles. The molecule has 130 valence electrons. The molecular weight excluding hydrogens is 344 g/mol. The molecule has 0 aliphatic heterocycles. The quantitative estimate of drug-likeness (QED) is 0.485. The minimum Gasteiger partial charge on any atom is -0.386 e. The van der Waals surface area contributed by atoms with Crippen LogP contribution in [0.3, 0.4) is 0 Å². The lowest BCUT2D eigenvalue weighted by Gasteiger charge is -2.21. The van der Waals surface area contributed by atoms with Crippen LogP contribution in [0.25, 0.3) is 33.5 Å². The van der Waals surface area contributed by atoms with Gasteiger partial charge in [0.15, 0.2) is 0 Å². The van der Waals surface area contributed by atoms with Crippen molar-refractivity contribution in [2.75, 3.05) is 0 Å². The minimum absolute atomic E-state index is 0.704. The van der Waals surface area contributed by atoms with E-state index in [0.29, 0.717) is 5.02 Å². The molecule has 2 N–H and O–H groups in total. The SMILES string of the molecule is CC(C)(O)c1ccccc1-c1ccc2nc(-c3ccc(Cl)cc3)[nH]c2c1. The second-order valence-corrected chi connectivity index (χ2v) is 7.37. The number of aliphatic hydroxyl groups is 1. The summed E-state index contributed by atoms with van der Waals surface area (Å²) in [6.45, 7) is 3.61. The zero-order valence-corrected chi connectivity index (χ0v) is 15.4. The Kier molecular flexibility index (Phi) is 4.06. The van der Waals surface area contributed by atoms with Crippen LogP contribution >= 0.6 is 11.6 Å². The first-order valence-electron chi connectivity index (χ1n) is 8.50. The van der Waals surface area contributed by atoms with Gasteiger partial charge in [-0.3, -0.25) is 0 Å². The van der Waals surface area contributed by atoms with E-state index in [1.807, 2.05) is 60.7 Å². The molecule has 4 rings (SSSR count). The fourth-order valence-corrected chi connectivity index (χ4v) is 3.32. The van der Waals surface area contributed by atoms with Crippen molar-refractivity contribution in [2.24, 2.45) is 0 Å². The Balaban J connectivity index is 1.81. The van der Waals surface area contributed by atoms with Crippen LogP contribution in [-0.2, 0) is 5.60 Å². The minimum atomic E-state index is -0.909. The summed E-state index contributed by atoms with van der Waals surface area (Å²) in [6.07, 6.45) is 0. The molecule has 4 heteroatoms. The van der Waals surface area contributed by atoms with Crippen molar-refractivity contribution in [1.82, 2.24) is 9.97 Å². The van der Waals surface area contributed by atoms with Gasteiger partial charge in [0.1, 0.15) is 5.82 Å². The number of benzene rings is 3. The van der Waals surface area contributed by atoms with Crippen molar-refractivity contribution in [3.05, 3.63) is 77.3 Å². The van der Waals surface area contributed by atoms with E-state index in [9.17, 15) is 5.11 Å². The summed E-state index contributed by atoms with van der Waals surface area (Å²) >= 11 is 5.97. The van der Waals surface area contributed by atoms with Crippen LogP contribution in [0, 0.1) is 0 Å². The van der Waals surface area contributed by atoms with Gasteiger partial charge < -0.3 is 10.1 Å². The molecular formula is C22H19ClN2O. The molecule has 1 aromatic heterocycles. The van der Waals surface area contributed by atoms with E-state index in [4.69, 9.17) is 11.6 Å². The van der Waals surface area contributed by atoms with Crippen LogP contribution in [0.2, 0.25) is 5.02 Å². The molecule has 0 atom stereocenters. The van der Waals surface area contributed by atoms with E-state index in [-0.39, 0.29) is 0 Å². The summed E-state index contributed by atoms with van der Waals surface area (Å²) in [5.74, 6) is 0.810. The van der Waals surface area contributed by atoms with Gasteiger partial charge in [-0.15, -0.1) is 0 Å². The Hall–Kier alpha value is -2.62. The molecule has 4 aromatic rings. The lowest BCUT2D eigenvalue weighted by Crippen LogP contribution is -2.16. The van der Waals surface area contributed by atoms with Crippen LogP contribution in [0.5, 0.6) is 0 Å². The number of fused-ring (bicyclic) bond motifs is 1. The fraction of sp³-hybridized carbons (Fsp3) is 0.136. The number of aromatic nitrogens is 2. The van der Waals surface area contributed by atoms with Crippen molar-refractivity contribution in [1.29, 1.82) is 0 Å². The Bertz CT molecular complexity index is 1080. The predicted octanol–water partition coefficient (Wildman–Crippen LogP) is 5.78. The number of nitrogens with zero attached hydrogens (tertiary/aromatic N) is 1. The predicted molar refractivity (Wildman–Crippen MR) is 107 cm³/mol. The molecule has 0 unspecified atom stereocenters. The number of hydrogen-bond donors (Lipinski definition) is 2. The first-order chi connectivity index (χ1) is 12.4. The molecule has 0 aliphatic rings. The van der Waals surface area contributed by atoms with Crippen LogP contribution in [0.4, 0.5) is 0 Å². The number of H-pyrrole nitrogens is 1. The third kappa shape index (κ3) is 3.12. The molecule has 3 aromatic carbocycles. The van der Waals surface area contributed by atoms with Crippen molar-refractivity contribution in [3.63, 3.8) is 0 Å². The van der Waals surface area contributed by atoms with Crippen LogP contribution in [-0.4, -0.2) is 15.1 Å². The zero-order chi connectivity index (χ0) is 18.3. The number of halogens is 1. The number of aromatic amines is 1. The highest BCUT2D eigenvalue weighted by atomic mass is 35.5. The van der Waals surface area contributed by atoms with Crippen molar-refractivity contribution >= 4 is 22.6 Å². The first kappa shape index (κ1) is 16.8. The molecule has 0 amide bonds. The molecule has 0 radical (unpaired) electrons. The summed E-state index contributed by atoms with van der Waals surface area (Å²) in [5, 5.41) is 11.2. The van der Waals surface area contributed by atoms with Gasteiger partial charge >= 0.3 is 0 Å². The topological polar surface area (TPSA) is 48.9 Å². The van der Waals surface area contributed by atoms with E-state index in [1.165, 1.54) is 0 Å². The zero-order valence-electron chi connectivity index (χ0n) is 14.6. The average molecular weight is 363 g/mol. The monoisotopic (exact) mass is 362 g/mol. The molecule has 3 nitrogen and oxygen atoms in total. The van der Waals surface area contributed by atoms with E-state index < -0.39 is 5.60 Å². The Morgan fingerprint density at radius 2 is 1.62 bits per heavy atom.